The zero-order chi connectivity index (χ0) is 22.1. The van der Waals surface area contributed by atoms with Gasteiger partial charge in [0.15, 0.2) is 5.43 Å². The number of halogens is 3. The molecule has 1 aromatic carbocycles. The number of para-hydroxylation sites is 1. The first-order chi connectivity index (χ1) is 14.1. The largest absolute Gasteiger partial charge is 0.476 e. The minimum absolute atomic E-state index is 0.0239. The Balaban J connectivity index is 2.23. The summed E-state index contributed by atoms with van der Waals surface area (Å²) in [5.74, 6) is -0.0453. The first-order valence-corrected chi connectivity index (χ1v) is 11.5. The Morgan fingerprint density at radius 2 is 1.87 bits per heavy atom. The quantitative estimate of drug-likeness (QED) is 0.491. The molecule has 0 aliphatic heterocycles. The smallest absolute Gasteiger partial charge is 0.227 e. The molecule has 0 aliphatic rings. The Morgan fingerprint density at radius 1 is 1.20 bits per heavy atom. The van der Waals surface area contributed by atoms with E-state index < -0.39 is 22.1 Å². The number of sulfonamides is 1. The van der Waals surface area contributed by atoms with E-state index in [1.807, 2.05) is 0 Å². The molecule has 0 bridgehead atoms. The predicted molar refractivity (Wildman–Crippen MR) is 117 cm³/mol. The van der Waals surface area contributed by atoms with Crippen LogP contribution in [0, 0.1) is 0 Å². The highest BCUT2D eigenvalue weighted by Crippen LogP contribution is 2.35. The van der Waals surface area contributed by atoms with Crippen LogP contribution in [0.25, 0.3) is 16.6 Å². The van der Waals surface area contributed by atoms with Crippen molar-refractivity contribution >= 4 is 55.7 Å². The van der Waals surface area contributed by atoms with Crippen molar-refractivity contribution in [2.75, 3.05) is 19.4 Å². The van der Waals surface area contributed by atoms with Crippen LogP contribution in [-0.2, 0) is 16.6 Å². The van der Waals surface area contributed by atoms with Gasteiger partial charge in [0.2, 0.25) is 15.9 Å². The standard InChI is InChI=1S/C18H16Cl3N3O5S/c1-30(27,28)23-5-6-29-18-15-14(26)7-10(9-25)24(17(15)13(21)8-22-18)16-11(19)3-2-4-12(16)20/h2-4,7-8,23,25H,5-6,9H2,1H3. The summed E-state index contributed by atoms with van der Waals surface area (Å²) >= 11 is 19.1. The number of nitrogens with one attached hydrogen (secondary N) is 1. The van der Waals surface area contributed by atoms with Crippen LogP contribution in [0.5, 0.6) is 5.88 Å². The lowest BCUT2D eigenvalue weighted by molar-refractivity contribution is 0.274. The van der Waals surface area contributed by atoms with Crippen LogP contribution in [-0.4, -0.2) is 42.5 Å². The predicted octanol–water partition coefficient (Wildman–Crippen LogP) is 2.77. The van der Waals surface area contributed by atoms with Crippen molar-refractivity contribution in [2.24, 2.45) is 0 Å². The molecule has 0 fully saturated rings. The molecule has 0 radical (unpaired) electrons. The molecule has 160 valence electrons. The number of hydrogen-bond acceptors (Lipinski definition) is 6. The van der Waals surface area contributed by atoms with Gasteiger partial charge < -0.3 is 14.4 Å². The second kappa shape index (κ2) is 9.09. The molecular formula is C18H16Cl3N3O5S. The fourth-order valence-corrected chi connectivity index (χ4v) is 4.14. The normalized spacial score (nSPS) is 11.8. The van der Waals surface area contributed by atoms with Gasteiger partial charge in [0.1, 0.15) is 12.0 Å². The number of aliphatic hydroxyl groups excluding tert-OH is 1. The zero-order valence-electron chi connectivity index (χ0n) is 15.5. The second-order valence-corrected chi connectivity index (χ2v) is 9.27. The number of fused-ring (bicyclic) bond motifs is 1. The lowest BCUT2D eigenvalue weighted by Gasteiger charge is -2.20. The molecule has 0 saturated carbocycles. The van der Waals surface area contributed by atoms with Gasteiger partial charge in [-0.25, -0.2) is 18.1 Å². The summed E-state index contributed by atoms with van der Waals surface area (Å²) in [6.45, 7) is -0.589. The summed E-state index contributed by atoms with van der Waals surface area (Å²) in [6, 6.07) is 6.08. The highest BCUT2D eigenvalue weighted by Gasteiger charge is 2.21. The first-order valence-electron chi connectivity index (χ1n) is 8.50. The van der Waals surface area contributed by atoms with Gasteiger partial charge >= 0.3 is 0 Å². The SMILES string of the molecule is CS(=O)(=O)NCCOc1ncc(Cl)c2c1c(=O)cc(CO)n2-c1c(Cl)cccc1Cl. The monoisotopic (exact) mass is 491 g/mol. The number of aromatic nitrogens is 2. The Kier molecular flexibility index (Phi) is 6.91. The molecular weight excluding hydrogens is 477 g/mol. The number of pyridine rings is 2. The Morgan fingerprint density at radius 3 is 2.47 bits per heavy atom. The topological polar surface area (TPSA) is 111 Å². The molecule has 12 heteroatoms. The van der Waals surface area contributed by atoms with Gasteiger partial charge in [-0.05, 0) is 12.1 Å². The number of benzene rings is 1. The van der Waals surface area contributed by atoms with Crippen molar-refractivity contribution in [1.29, 1.82) is 0 Å². The number of nitrogens with zero attached hydrogens (tertiary/aromatic N) is 2. The molecule has 3 aromatic rings. The van der Waals surface area contributed by atoms with E-state index in [2.05, 4.69) is 9.71 Å². The third kappa shape index (κ3) is 4.72. The Labute approximate surface area is 187 Å². The van der Waals surface area contributed by atoms with Gasteiger partial charge in [-0.15, -0.1) is 0 Å². The molecule has 2 heterocycles. The molecule has 0 amide bonds. The van der Waals surface area contributed by atoms with Crippen molar-refractivity contribution in [3.05, 3.63) is 61.4 Å². The minimum atomic E-state index is -3.39. The van der Waals surface area contributed by atoms with Crippen molar-refractivity contribution in [3.63, 3.8) is 0 Å². The van der Waals surface area contributed by atoms with E-state index in [1.54, 1.807) is 18.2 Å². The van der Waals surface area contributed by atoms with E-state index in [9.17, 15) is 18.3 Å². The van der Waals surface area contributed by atoms with Crippen LogP contribution in [0.15, 0.2) is 35.3 Å². The van der Waals surface area contributed by atoms with Crippen molar-refractivity contribution in [1.82, 2.24) is 14.3 Å². The van der Waals surface area contributed by atoms with Crippen LogP contribution < -0.4 is 14.9 Å². The fraction of sp³-hybridized carbons (Fsp3) is 0.222. The summed E-state index contributed by atoms with van der Waals surface area (Å²) in [5.41, 5.74) is 0.242. The lowest BCUT2D eigenvalue weighted by Crippen LogP contribution is -2.27. The second-order valence-electron chi connectivity index (χ2n) is 6.21. The number of rotatable bonds is 7. The van der Waals surface area contributed by atoms with Gasteiger partial charge in [0.25, 0.3) is 0 Å². The molecule has 2 aromatic heterocycles. The van der Waals surface area contributed by atoms with Gasteiger partial charge in [-0.1, -0.05) is 40.9 Å². The van der Waals surface area contributed by atoms with E-state index in [0.717, 1.165) is 6.26 Å². The summed E-state index contributed by atoms with van der Waals surface area (Å²) in [4.78, 5) is 16.9. The average molecular weight is 493 g/mol. The van der Waals surface area contributed by atoms with Crippen LogP contribution >= 0.6 is 34.8 Å². The van der Waals surface area contributed by atoms with E-state index in [-0.39, 0.29) is 50.7 Å². The van der Waals surface area contributed by atoms with E-state index in [1.165, 1.54) is 16.8 Å². The molecule has 0 saturated heterocycles. The molecule has 3 rings (SSSR count). The van der Waals surface area contributed by atoms with E-state index in [0.29, 0.717) is 5.69 Å². The fourth-order valence-electron chi connectivity index (χ4n) is 2.89. The summed E-state index contributed by atoms with van der Waals surface area (Å²) in [6.07, 6.45) is 2.30. The number of ether oxygens (including phenoxy) is 1. The Hall–Kier alpha value is -1.88. The van der Waals surface area contributed by atoms with Crippen LogP contribution in [0.1, 0.15) is 5.69 Å². The lowest BCUT2D eigenvalue weighted by atomic mass is 10.2. The molecule has 0 aliphatic carbocycles. The molecule has 0 unspecified atom stereocenters. The van der Waals surface area contributed by atoms with Crippen molar-refractivity contribution < 1.29 is 18.3 Å². The summed E-state index contributed by atoms with van der Waals surface area (Å²) < 4.78 is 31.7. The molecule has 0 atom stereocenters. The van der Waals surface area contributed by atoms with Gasteiger partial charge in [0.05, 0.1) is 51.0 Å². The van der Waals surface area contributed by atoms with Gasteiger partial charge in [-0.3, -0.25) is 4.79 Å². The maximum absolute atomic E-state index is 12.8. The average Bonchev–Trinajstić information content (AvgIpc) is 2.66. The molecule has 8 nitrogen and oxygen atoms in total. The molecule has 2 N–H and O–H groups in total. The third-order valence-corrected chi connectivity index (χ3v) is 5.67. The van der Waals surface area contributed by atoms with Crippen LogP contribution in [0.4, 0.5) is 0 Å². The number of hydrogen-bond donors (Lipinski definition) is 2. The van der Waals surface area contributed by atoms with Crippen molar-refractivity contribution in [3.8, 4) is 11.6 Å². The Bertz CT molecular complexity index is 1260. The maximum Gasteiger partial charge on any atom is 0.227 e. The number of aliphatic hydroxyl groups is 1. The van der Waals surface area contributed by atoms with E-state index in [4.69, 9.17) is 39.5 Å². The molecule has 30 heavy (non-hydrogen) atoms. The van der Waals surface area contributed by atoms with Crippen LogP contribution in [0.2, 0.25) is 15.1 Å². The van der Waals surface area contributed by atoms with E-state index >= 15 is 0 Å². The highest BCUT2D eigenvalue weighted by atomic mass is 35.5. The molecule has 0 spiro atoms. The zero-order valence-corrected chi connectivity index (χ0v) is 18.6. The van der Waals surface area contributed by atoms with Crippen LogP contribution in [0.3, 0.4) is 0 Å². The third-order valence-electron chi connectivity index (χ3n) is 4.06. The maximum atomic E-state index is 12.8. The first kappa shape index (κ1) is 22.8. The summed E-state index contributed by atoms with van der Waals surface area (Å²) in [5, 5.41) is 10.5. The van der Waals surface area contributed by atoms with Gasteiger partial charge in [0, 0.05) is 12.6 Å². The minimum Gasteiger partial charge on any atom is -0.476 e. The van der Waals surface area contributed by atoms with Gasteiger partial charge in [-0.2, -0.15) is 0 Å². The summed E-state index contributed by atoms with van der Waals surface area (Å²) in [7, 11) is -3.39. The highest BCUT2D eigenvalue weighted by molar-refractivity contribution is 7.88. The van der Waals surface area contributed by atoms with Crippen molar-refractivity contribution in [2.45, 2.75) is 6.61 Å².